The van der Waals surface area contributed by atoms with Crippen molar-refractivity contribution < 1.29 is 5.48 Å². The van der Waals surface area contributed by atoms with Gasteiger partial charge in [0.05, 0.1) is 5.48 Å². The third-order valence-electron chi connectivity index (χ3n) is 6.73. The van der Waals surface area contributed by atoms with E-state index in [-0.39, 0.29) is 24.2 Å². The van der Waals surface area contributed by atoms with Gasteiger partial charge in [0.2, 0.25) is 0 Å². The first-order valence-corrected chi connectivity index (χ1v) is 14.3. The van der Waals surface area contributed by atoms with Gasteiger partial charge in [-0.05, 0) is 89.2 Å². The quantitative estimate of drug-likeness (QED) is 0.351. The predicted molar refractivity (Wildman–Crippen MR) is 153 cm³/mol. The average Bonchev–Trinajstić information content (AvgIpc) is 2.95. The van der Waals surface area contributed by atoms with Crippen LogP contribution in [0.2, 0.25) is 0 Å². The second-order valence-corrected chi connectivity index (χ2v) is 9.92. The molecule has 0 radical (unpaired) electrons. The van der Waals surface area contributed by atoms with Crippen LogP contribution in [0.5, 0.6) is 0 Å². The van der Waals surface area contributed by atoms with E-state index in [2.05, 4.69) is 41.7 Å². The zero-order valence-corrected chi connectivity index (χ0v) is 22.5. The molecule has 0 bridgehead atoms. The highest BCUT2D eigenvalue weighted by Crippen LogP contribution is 2.11. The van der Waals surface area contributed by atoms with Gasteiger partial charge in [0.25, 0.3) is 0 Å². The van der Waals surface area contributed by atoms with Crippen molar-refractivity contribution in [3.05, 3.63) is 35.3 Å². The number of nitrogens with one attached hydrogen (secondary N) is 6. The summed E-state index contributed by atoms with van der Waals surface area (Å²) in [6.45, 7) is 15.6. The van der Waals surface area contributed by atoms with Crippen LogP contribution in [0, 0.1) is 0 Å². The molecule has 2 heterocycles. The first-order chi connectivity index (χ1) is 19.6. The van der Waals surface area contributed by atoms with Crippen LogP contribution in [0.4, 0.5) is 0 Å². The molecule has 0 unspecified atom stereocenters. The molecular formula is C28H54N8. The molecule has 0 saturated carbocycles. The number of rotatable bonds is 4. The van der Waals surface area contributed by atoms with Crippen molar-refractivity contribution in [1.29, 1.82) is 0 Å². The molecule has 3 rings (SSSR count). The van der Waals surface area contributed by atoms with Crippen LogP contribution in [0.25, 0.3) is 0 Å². The number of nitrogens with zero attached hydrogens (tertiary/aromatic N) is 2. The highest BCUT2D eigenvalue weighted by molar-refractivity contribution is 5.22. The van der Waals surface area contributed by atoms with Crippen LogP contribution >= 0.6 is 0 Å². The third-order valence-corrected chi connectivity index (χ3v) is 6.73. The summed E-state index contributed by atoms with van der Waals surface area (Å²) in [5, 5.41) is 20.9. The van der Waals surface area contributed by atoms with Crippen LogP contribution in [-0.2, 0) is 13.1 Å². The summed E-state index contributed by atoms with van der Waals surface area (Å²) in [6, 6.07) is 0.452. The minimum absolute atomic E-state index is 0.113. The first kappa shape index (κ1) is 24.0. The Labute approximate surface area is 226 Å². The maximum atomic E-state index is 8.84. The molecule has 2 aliphatic heterocycles. The Balaban J connectivity index is 1.67. The molecule has 0 spiro atoms. The second-order valence-electron chi connectivity index (χ2n) is 9.92. The minimum atomic E-state index is 0.113. The Kier molecular flexibility index (Phi) is 13.3. The topological polar surface area (TPSA) is 78.7 Å². The Hall–Kier alpha value is -1.10. The predicted octanol–water partition coefficient (Wildman–Crippen LogP) is 0.416. The summed E-state index contributed by atoms with van der Waals surface area (Å²) in [5.74, 6) is 0. The average molecular weight is 507 g/mol. The lowest BCUT2D eigenvalue weighted by atomic mass is 10.1. The monoisotopic (exact) mass is 506 g/mol. The lowest BCUT2D eigenvalue weighted by Gasteiger charge is -2.24. The molecule has 8 heteroatoms. The standard InChI is InChI=1S/C28H54N8/c1-9-29-15-17-31-13-3-21-35(23-19-33-11-1)25-27-5-7-28(8-6-27)26-36-22-4-14-32-18-16-30-10-2-12-34-20-24-36/h5-8,29-34H,1-4,9-26H2/i5D,6D,7D,8D. The van der Waals surface area contributed by atoms with Crippen molar-refractivity contribution in [3.63, 3.8) is 0 Å². The molecule has 0 aromatic heterocycles. The van der Waals surface area contributed by atoms with Crippen LogP contribution in [-0.4, -0.2) is 115 Å². The van der Waals surface area contributed by atoms with Crippen molar-refractivity contribution in [2.75, 3.05) is 105 Å². The fourth-order valence-electron chi connectivity index (χ4n) is 4.62. The van der Waals surface area contributed by atoms with Gasteiger partial charge in [0.15, 0.2) is 0 Å². The van der Waals surface area contributed by atoms with Gasteiger partial charge in [0.1, 0.15) is 0 Å². The van der Waals surface area contributed by atoms with E-state index in [1.807, 2.05) is 0 Å². The van der Waals surface area contributed by atoms with E-state index in [1.54, 1.807) is 0 Å². The van der Waals surface area contributed by atoms with Crippen LogP contribution < -0.4 is 31.9 Å². The molecule has 1 aromatic carbocycles. The number of benzene rings is 1. The van der Waals surface area contributed by atoms with E-state index < -0.39 is 0 Å². The van der Waals surface area contributed by atoms with Crippen LogP contribution in [0.15, 0.2) is 24.2 Å². The van der Waals surface area contributed by atoms with Crippen molar-refractivity contribution in [3.8, 4) is 0 Å². The molecule has 0 atom stereocenters. The fourth-order valence-corrected chi connectivity index (χ4v) is 4.62. The molecular weight excluding hydrogens is 448 g/mol. The lowest BCUT2D eigenvalue weighted by molar-refractivity contribution is 0.258. The van der Waals surface area contributed by atoms with E-state index in [0.29, 0.717) is 24.2 Å². The van der Waals surface area contributed by atoms with Crippen LogP contribution in [0.3, 0.4) is 0 Å². The molecule has 1 aromatic rings. The van der Waals surface area contributed by atoms with Gasteiger partial charge in [-0.2, -0.15) is 0 Å². The van der Waals surface area contributed by atoms with Gasteiger partial charge in [-0.3, -0.25) is 9.80 Å². The van der Waals surface area contributed by atoms with Crippen molar-refractivity contribution in [2.45, 2.75) is 38.8 Å². The molecule has 2 saturated heterocycles. The number of hydrogen-bond donors (Lipinski definition) is 6. The SMILES string of the molecule is [2H]c1c([2H])c(CN2CCCNCCNCCCNCC2)c([2H])c([2H])c1CN1CCCNCCNCCCNCC1. The molecule has 206 valence electrons. The highest BCUT2D eigenvalue weighted by atomic mass is 15.1. The third kappa shape index (κ3) is 14.0. The molecule has 2 fully saturated rings. The Morgan fingerprint density at radius 2 is 0.778 bits per heavy atom. The van der Waals surface area contributed by atoms with Gasteiger partial charge in [-0.25, -0.2) is 0 Å². The summed E-state index contributed by atoms with van der Waals surface area (Å²) in [5.41, 5.74) is 1.02. The lowest BCUT2D eigenvalue weighted by Crippen LogP contribution is -2.36. The summed E-state index contributed by atoms with van der Waals surface area (Å²) in [4.78, 5) is 4.55. The molecule has 36 heavy (non-hydrogen) atoms. The molecule has 0 amide bonds. The maximum Gasteiger partial charge on any atom is 0.0626 e. The normalized spacial score (nSPS) is 24.4. The molecule has 2 aliphatic rings. The Bertz CT molecular complexity index is 723. The largest absolute Gasteiger partial charge is 0.315 e. The Morgan fingerprint density at radius 1 is 0.444 bits per heavy atom. The summed E-state index contributed by atoms with van der Waals surface area (Å²) < 4.78 is 35.4. The van der Waals surface area contributed by atoms with Crippen molar-refractivity contribution >= 4 is 0 Å². The Morgan fingerprint density at radius 3 is 1.17 bits per heavy atom. The van der Waals surface area contributed by atoms with Crippen molar-refractivity contribution in [1.82, 2.24) is 41.7 Å². The summed E-state index contributed by atoms with van der Waals surface area (Å²) in [6.07, 6.45) is 4.13. The van der Waals surface area contributed by atoms with E-state index in [4.69, 9.17) is 5.48 Å². The van der Waals surface area contributed by atoms with Gasteiger partial charge in [-0.1, -0.05) is 24.2 Å². The summed E-state index contributed by atoms with van der Waals surface area (Å²) >= 11 is 0. The van der Waals surface area contributed by atoms with Crippen molar-refractivity contribution in [2.24, 2.45) is 0 Å². The second kappa shape index (κ2) is 19.9. The van der Waals surface area contributed by atoms with E-state index in [9.17, 15) is 0 Å². The summed E-state index contributed by atoms with van der Waals surface area (Å²) in [7, 11) is 0. The first-order valence-electron chi connectivity index (χ1n) is 16.3. The maximum absolute atomic E-state index is 8.84. The van der Waals surface area contributed by atoms with Gasteiger partial charge < -0.3 is 31.9 Å². The van der Waals surface area contributed by atoms with Gasteiger partial charge >= 0.3 is 0 Å². The fraction of sp³-hybridized carbons (Fsp3) is 0.786. The molecule has 8 nitrogen and oxygen atoms in total. The van der Waals surface area contributed by atoms with Gasteiger partial charge in [0, 0.05) is 65.4 Å². The molecule has 0 aliphatic carbocycles. The zero-order valence-electron chi connectivity index (χ0n) is 26.5. The van der Waals surface area contributed by atoms with Gasteiger partial charge in [-0.15, -0.1) is 0 Å². The number of hydrogen-bond acceptors (Lipinski definition) is 8. The van der Waals surface area contributed by atoms with Crippen LogP contribution in [0.1, 0.15) is 42.3 Å². The highest BCUT2D eigenvalue weighted by Gasteiger charge is 2.09. The van der Waals surface area contributed by atoms with E-state index in [1.165, 1.54) is 0 Å². The minimum Gasteiger partial charge on any atom is -0.315 e. The van der Waals surface area contributed by atoms with E-state index in [0.717, 1.165) is 130 Å². The zero-order chi connectivity index (χ0) is 28.4. The smallest absolute Gasteiger partial charge is 0.0626 e. The molecule has 6 N–H and O–H groups in total. The van der Waals surface area contributed by atoms with E-state index >= 15 is 0 Å².